The van der Waals surface area contributed by atoms with E-state index in [-0.39, 0.29) is 11.8 Å². The summed E-state index contributed by atoms with van der Waals surface area (Å²) in [6, 6.07) is 3.74. The monoisotopic (exact) mass is 215 g/mol. The Morgan fingerprint density at radius 1 is 1.38 bits per heavy atom. The first-order chi connectivity index (χ1) is 7.84. The molecule has 1 aromatic rings. The quantitative estimate of drug-likeness (QED) is 0.722. The summed E-state index contributed by atoms with van der Waals surface area (Å²) in [5.74, 6) is 0.605. The maximum atomic E-state index is 12.0. The van der Waals surface area contributed by atoms with E-state index >= 15 is 0 Å². The lowest BCUT2D eigenvalue weighted by Crippen LogP contribution is -2.30. The summed E-state index contributed by atoms with van der Waals surface area (Å²) in [4.78, 5) is 20.7. The van der Waals surface area contributed by atoms with Gasteiger partial charge in [-0.15, -0.1) is 0 Å². The third kappa shape index (κ3) is 1.50. The van der Waals surface area contributed by atoms with E-state index in [2.05, 4.69) is 15.3 Å². The highest BCUT2D eigenvalue weighted by Crippen LogP contribution is 2.32. The Balaban J connectivity index is 2.08. The van der Waals surface area contributed by atoms with Crippen molar-refractivity contribution in [2.45, 2.75) is 25.7 Å². The molecule has 4 nitrogen and oxygen atoms in total. The molecule has 3 rings (SSSR count). The highest BCUT2D eigenvalue weighted by molar-refractivity contribution is 6.12. The fraction of sp³-hybridized carbons (Fsp3) is 0.417. The Morgan fingerprint density at radius 2 is 2.31 bits per heavy atom. The number of rotatable bonds is 0. The molecule has 1 aliphatic carbocycles. The Bertz CT molecular complexity index is 467. The van der Waals surface area contributed by atoms with Gasteiger partial charge in [0.2, 0.25) is 5.91 Å². The first-order valence-corrected chi connectivity index (χ1v) is 5.68. The molecule has 4 heteroatoms. The van der Waals surface area contributed by atoms with Crippen molar-refractivity contribution < 1.29 is 4.79 Å². The molecule has 1 aliphatic heterocycles. The molecule has 1 N–H and O–H groups in total. The number of hydrogen-bond donors (Lipinski definition) is 1. The zero-order valence-electron chi connectivity index (χ0n) is 8.94. The third-order valence-electron chi connectivity index (χ3n) is 3.19. The number of aliphatic imine (C=N–C) groups is 1. The van der Waals surface area contributed by atoms with Gasteiger partial charge in [-0.05, 0) is 31.4 Å². The van der Waals surface area contributed by atoms with Crippen LogP contribution in [0.3, 0.4) is 0 Å². The number of carbonyl (C=O) groups is 1. The van der Waals surface area contributed by atoms with Gasteiger partial charge in [-0.25, -0.2) is 4.98 Å². The average molecular weight is 215 g/mol. The highest BCUT2D eigenvalue weighted by atomic mass is 16.2. The number of pyridine rings is 1. The molecule has 82 valence electrons. The van der Waals surface area contributed by atoms with Crippen LogP contribution >= 0.6 is 0 Å². The number of nitrogens with zero attached hydrogens (tertiary/aromatic N) is 2. The fourth-order valence-electron chi connectivity index (χ4n) is 2.35. The number of nitrogens with one attached hydrogen (secondary N) is 1. The Morgan fingerprint density at radius 3 is 3.25 bits per heavy atom. The van der Waals surface area contributed by atoms with Gasteiger partial charge in [0.25, 0.3) is 0 Å². The van der Waals surface area contributed by atoms with Gasteiger partial charge in [0, 0.05) is 11.9 Å². The Hall–Kier alpha value is -1.71. The van der Waals surface area contributed by atoms with Crippen LogP contribution in [0.15, 0.2) is 23.3 Å². The standard InChI is InChI=1S/C12H13N3O/c16-12-8-4-1-2-5-9(8)14-10-6-3-7-13-11(10)15-12/h3,6-8H,1-2,4-5H2,(H,13,15,16). The van der Waals surface area contributed by atoms with E-state index in [1.165, 1.54) is 0 Å². The average Bonchev–Trinajstić information content (AvgIpc) is 2.45. The van der Waals surface area contributed by atoms with E-state index in [1.54, 1.807) is 6.20 Å². The second kappa shape index (κ2) is 3.70. The SMILES string of the molecule is O=C1Nc2ncccc2N=C2CCCCC12. The fourth-order valence-corrected chi connectivity index (χ4v) is 2.35. The molecule has 0 saturated heterocycles. The predicted molar refractivity (Wildman–Crippen MR) is 61.9 cm³/mol. The normalized spacial score (nSPS) is 23.6. The topological polar surface area (TPSA) is 54.4 Å². The van der Waals surface area contributed by atoms with Crippen LogP contribution in [0.5, 0.6) is 0 Å². The van der Waals surface area contributed by atoms with Gasteiger partial charge < -0.3 is 5.32 Å². The Kier molecular flexibility index (Phi) is 2.20. The molecule has 1 unspecified atom stereocenters. The van der Waals surface area contributed by atoms with E-state index in [0.717, 1.165) is 37.1 Å². The molecule has 2 aliphatic rings. The van der Waals surface area contributed by atoms with Crippen LogP contribution in [-0.4, -0.2) is 16.6 Å². The largest absolute Gasteiger partial charge is 0.308 e. The molecule has 0 aromatic carbocycles. The highest BCUT2D eigenvalue weighted by Gasteiger charge is 2.30. The van der Waals surface area contributed by atoms with Crippen molar-refractivity contribution in [1.82, 2.24) is 4.98 Å². The second-order valence-corrected chi connectivity index (χ2v) is 4.26. The third-order valence-corrected chi connectivity index (χ3v) is 3.19. The lowest BCUT2D eigenvalue weighted by atomic mass is 9.86. The maximum Gasteiger partial charge on any atom is 0.234 e. The summed E-state index contributed by atoms with van der Waals surface area (Å²) in [6.07, 6.45) is 5.78. The first-order valence-electron chi connectivity index (χ1n) is 5.68. The zero-order valence-corrected chi connectivity index (χ0v) is 8.94. The van der Waals surface area contributed by atoms with Crippen molar-refractivity contribution in [3.05, 3.63) is 18.3 Å². The van der Waals surface area contributed by atoms with Gasteiger partial charge in [0.1, 0.15) is 5.69 Å². The molecule has 1 fully saturated rings. The van der Waals surface area contributed by atoms with Crippen molar-refractivity contribution in [3.8, 4) is 0 Å². The van der Waals surface area contributed by atoms with Gasteiger partial charge in [0.05, 0.1) is 5.92 Å². The smallest absolute Gasteiger partial charge is 0.234 e. The molecule has 1 aromatic heterocycles. The van der Waals surface area contributed by atoms with E-state index in [0.29, 0.717) is 5.82 Å². The van der Waals surface area contributed by atoms with Gasteiger partial charge in [-0.2, -0.15) is 0 Å². The van der Waals surface area contributed by atoms with Crippen LogP contribution in [0.25, 0.3) is 0 Å². The predicted octanol–water partition coefficient (Wildman–Crippen LogP) is 2.30. The molecular weight excluding hydrogens is 202 g/mol. The van der Waals surface area contributed by atoms with Crippen molar-refractivity contribution in [3.63, 3.8) is 0 Å². The molecule has 0 bridgehead atoms. The van der Waals surface area contributed by atoms with Crippen molar-refractivity contribution >= 4 is 23.1 Å². The molecule has 0 spiro atoms. The lowest BCUT2D eigenvalue weighted by Gasteiger charge is -2.20. The molecular formula is C12H13N3O. The maximum absolute atomic E-state index is 12.0. The van der Waals surface area contributed by atoms with Crippen LogP contribution in [0.1, 0.15) is 25.7 Å². The molecule has 1 atom stereocenters. The Labute approximate surface area is 93.8 Å². The van der Waals surface area contributed by atoms with Gasteiger partial charge in [-0.3, -0.25) is 9.79 Å². The van der Waals surface area contributed by atoms with Crippen LogP contribution in [-0.2, 0) is 4.79 Å². The molecule has 2 heterocycles. The van der Waals surface area contributed by atoms with Crippen molar-refractivity contribution in [2.75, 3.05) is 5.32 Å². The minimum atomic E-state index is -0.0389. The number of aromatic nitrogens is 1. The van der Waals surface area contributed by atoms with Crippen LogP contribution < -0.4 is 5.32 Å². The summed E-state index contributed by atoms with van der Waals surface area (Å²) >= 11 is 0. The summed E-state index contributed by atoms with van der Waals surface area (Å²) in [7, 11) is 0. The van der Waals surface area contributed by atoms with Gasteiger partial charge in [-0.1, -0.05) is 6.42 Å². The van der Waals surface area contributed by atoms with E-state index < -0.39 is 0 Å². The summed E-state index contributed by atoms with van der Waals surface area (Å²) in [5, 5.41) is 2.86. The molecule has 1 amide bonds. The van der Waals surface area contributed by atoms with Gasteiger partial charge in [0.15, 0.2) is 5.82 Å². The molecule has 0 radical (unpaired) electrons. The summed E-state index contributed by atoms with van der Waals surface area (Å²) < 4.78 is 0. The first kappa shape index (κ1) is 9.51. The molecule has 16 heavy (non-hydrogen) atoms. The number of amides is 1. The number of carbonyl (C=O) groups excluding carboxylic acids is 1. The van der Waals surface area contributed by atoms with Crippen LogP contribution in [0.4, 0.5) is 11.5 Å². The van der Waals surface area contributed by atoms with E-state index in [4.69, 9.17) is 0 Å². The number of anilines is 1. The number of hydrogen-bond acceptors (Lipinski definition) is 3. The minimum absolute atomic E-state index is 0.0389. The molecule has 1 saturated carbocycles. The van der Waals surface area contributed by atoms with Crippen LogP contribution in [0, 0.1) is 5.92 Å². The van der Waals surface area contributed by atoms with Crippen molar-refractivity contribution in [2.24, 2.45) is 10.9 Å². The van der Waals surface area contributed by atoms with E-state index in [9.17, 15) is 4.79 Å². The summed E-state index contributed by atoms with van der Waals surface area (Å²) in [5.41, 5.74) is 1.81. The van der Waals surface area contributed by atoms with Crippen molar-refractivity contribution in [1.29, 1.82) is 0 Å². The number of fused-ring (bicyclic) bond motifs is 2. The summed E-state index contributed by atoms with van der Waals surface area (Å²) in [6.45, 7) is 0. The van der Waals surface area contributed by atoms with Crippen LogP contribution in [0.2, 0.25) is 0 Å². The lowest BCUT2D eigenvalue weighted by molar-refractivity contribution is -0.118. The minimum Gasteiger partial charge on any atom is -0.308 e. The zero-order chi connectivity index (χ0) is 11.0. The second-order valence-electron chi connectivity index (χ2n) is 4.26. The van der Waals surface area contributed by atoms with Gasteiger partial charge >= 0.3 is 0 Å². The van der Waals surface area contributed by atoms with E-state index in [1.807, 2.05) is 12.1 Å².